The second-order valence-electron chi connectivity index (χ2n) is 5.79. The Morgan fingerprint density at radius 1 is 1.10 bits per heavy atom. The number of nitrogens with zero attached hydrogens (tertiary/aromatic N) is 1. The van der Waals surface area contributed by atoms with Crippen molar-refractivity contribution in [2.45, 2.75) is 45.6 Å². The van der Waals surface area contributed by atoms with Crippen molar-refractivity contribution in [3.05, 3.63) is 58.9 Å². The molecule has 104 valence electrons. The zero-order chi connectivity index (χ0) is 13.9. The molecule has 0 radical (unpaired) electrons. The van der Waals surface area contributed by atoms with E-state index >= 15 is 0 Å². The van der Waals surface area contributed by atoms with E-state index in [-0.39, 0.29) is 0 Å². The van der Waals surface area contributed by atoms with Gasteiger partial charge in [0.15, 0.2) is 0 Å². The molecule has 20 heavy (non-hydrogen) atoms. The number of benzene rings is 1. The molecule has 0 saturated heterocycles. The van der Waals surface area contributed by atoms with Crippen molar-refractivity contribution in [1.82, 2.24) is 4.98 Å². The van der Waals surface area contributed by atoms with Crippen molar-refractivity contribution in [1.29, 1.82) is 0 Å². The Bertz CT molecular complexity index is 604. The van der Waals surface area contributed by atoms with Gasteiger partial charge in [-0.3, -0.25) is 4.98 Å². The van der Waals surface area contributed by atoms with Crippen LogP contribution in [0.3, 0.4) is 0 Å². The van der Waals surface area contributed by atoms with Crippen LogP contribution < -0.4 is 5.32 Å². The molecule has 3 rings (SSSR count). The lowest BCUT2D eigenvalue weighted by Gasteiger charge is -2.21. The summed E-state index contributed by atoms with van der Waals surface area (Å²) in [5.74, 6) is 0. The highest BCUT2D eigenvalue weighted by molar-refractivity contribution is 5.50. The van der Waals surface area contributed by atoms with Crippen LogP contribution in [-0.4, -0.2) is 4.98 Å². The van der Waals surface area contributed by atoms with Crippen molar-refractivity contribution in [3.63, 3.8) is 0 Å². The fraction of sp³-hybridized carbons (Fsp3) is 0.389. The second kappa shape index (κ2) is 5.66. The number of fused-ring (bicyclic) bond motifs is 1. The molecule has 1 heterocycles. The minimum Gasteiger partial charge on any atom is -0.377 e. The first-order chi connectivity index (χ1) is 9.74. The van der Waals surface area contributed by atoms with E-state index in [1.807, 2.05) is 18.5 Å². The summed E-state index contributed by atoms with van der Waals surface area (Å²) in [6.45, 7) is 4.33. The smallest absolute Gasteiger partial charge is 0.0561 e. The van der Waals surface area contributed by atoms with E-state index in [1.54, 1.807) is 11.1 Å². The summed E-state index contributed by atoms with van der Waals surface area (Å²) in [5.41, 5.74) is 6.83. The Kier molecular flexibility index (Phi) is 3.72. The molecule has 1 atom stereocenters. The van der Waals surface area contributed by atoms with Crippen LogP contribution in [0.1, 0.15) is 48.1 Å². The molecule has 0 amide bonds. The molecule has 1 N–H and O–H groups in total. The summed E-state index contributed by atoms with van der Waals surface area (Å²) in [6.07, 6.45) is 8.91. The topological polar surface area (TPSA) is 24.9 Å². The summed E-state index contributed by atoms with van der Waals surface area (Å²) in [4.78, 5) is 4.20. The zero-order valence-corrected chi connectivity index (χ0v) is 12.3. The SMILES string of the molecule is Cc1ccncc1NC(C)c1ccc2c(c1)CCCC2. The fourth-order valence-corrected chi connectivity index (χ4v) is 2.95. The van der Waals surface area contributed by atoms with E-state index in [1.165, 1.54) is 36.8 Å². The van der Waals surface area contributed by atoms with Gasteiger partial charge in [-0.05, 0) is 67.9 Å². The molecule has 0 saturated carbocycles. The lowest BCUT2D eigenvalue weighted by Crippen LogP contribution is -2.10. The van der Waals surface area contributed by atoms with Gasteiger partial charge in [0.2, 0.25) is 0 Å². The number of hydrogen-bond acceptors (Lipinski definition) is 2. The van der Waals surface area contributed by atoms with Gasteiger partial charge in [-0.15, -0.1) is 0 Å². The summed E-state index contributed by atoms with van der Waals surface area (Å²) >= 11 is 0. The molecule has 0 fully saturated rings. The summed E-state index contributed by atoms with van der Waals surface area (Å²) in [6, 6.07) is 9.33. The maximum Gasteiger partial charge on any atom is 0.0561 e. The van der Waals surface area contributed by atoms with Crippen molar-refractivity contribution < 1.29 is 0 Å². The number of aromatic nitrogens is 1. The lowest BCUT2D eigenvalue weighted by atomic mass is 9.89. The molecule has 1 aromatic carbocycles. The normalized spacial score (nSPS) is 15.5. The molecule has 0 bridgehead atoms. The highest BCUT2D eigenvalue weighted by Crippen LogP contribution is 2.27. The molecule has 2 aromatic rings. The number of pyridine rings is 1. The van der Waals surface area contributed by atoms with Crippen molar-refractivity contribution in [3.8, 4) is 0 Å². The van der Waals surface area contributed by atoms with Crippen molar-refractivity contribution in [2.75, 3.05) is 5.32 Å². The van der Waals surface area contributed by atoms with Gasteiger partial charge in [-0.1, -0.05) is 18.2 Å². The van der Waals surface area contributed by atoms with Crippen LogP contribution in [0.5, 0.6) is 0 Å². The van der Waals surface area contributed by atoms with E-state index in [0.29, 0.717) is 6.04 Å². The van der Waals surface area contributed by atoms with Crippen LogP contribution in [0.2, 0.25) is 0 Å². The highest BCUT2D eigenvalue weighted by atomic mass is 14.9. The van der Waals surface area contributed by atoms with Crippen LogP contribution >= 0.6 is 0 Å². The minimum atomic E-state index is 0.310. The average molecular weight is 266 g/mol. The number of aryl methyl sites for hydroxylation is 3. The second-order valence-corrected chi connectivity index (χ2v) is 5.79. The highest BCUT2D eigenvalue weighted by Gasteiger charge is 2.12. The molecule has 0 spiro atoms. The Hall–Kier alpha value is -1.83. The third-order valence-corrected chi connectivity index (χ3v) is 4.28. The molecule has 2 heteroatoms. The van der Waals surface area contributed by atoms with E-state index in [9.17, 15) is 0 Å². The van der Waals surface area contributed by atoms with Crippen LogP contribution in [0, 0.1) is 6.92 Å². The summed E-state index contributed by atoms with van der Waals surface area (Å²) in [7, 11) is 0. The molecule has 1 aliphatic rings. The van der Waals surface area contributed by atoms with E-state index in [2.05, 4.69) is 42.3 Å². The Labute approximate surface area is 121 Å². The largest absolute Gasteiger partial charge is 0.377 e. The molecule has 1 unspecified atom stereocenters. The van der Waals surface area contributed by atoms with Crippen LogP contribution in [0.4, 0.5) is 5.69 Å². The van der Waals surface area contributed by atoms with Gasteiger partial charge in [0.1, 0.15) is 0 Å². The van der Waals surface area contributed by atoms with Crippen LogP contribution in [0.25, 0.3) is 0 Å². The average Bonchev–Trinajstić information content (AvgIpc) is 2.49. The predicted molar refractivity (Wildman–Crippen MR) is 84.1 cm³/mol. The molecule has 0 aliphatic heterocycles. The Morgan fingerprint density at radius 2 is 1.90 bits per heavy atom. The van der Waals surface area contributed by atoms with E-state index in [4.69, 9.17) is 0 Å². The third-order valence-electron chi connectivity index (χ3n) is 4.28. The molecule has 2 nitrogen and oxygen atoms in total. The first-order valence-electron chi connectivity index (χ1n) is 7.53. The van der Waals surface area contributed by atoms with Crippen molar-refractivity contribution in [2.24, 2.45) is 0 Å². The molecule has 1 aliphatic carbocycles. The zero-order valence-electron chi connectivity index (χ0n) is 12.3. The van der Waals surface area contributed by atoms with E-state index in [0.717, 1.165) is 5.69 Å². The Balaban J connectivity index is 1.80. The maximum atomic E-state index is 4.20. The van der Waals surface area contributed by atoms with Gasteiger partial charge in [0.25, 0.3) is 0 Å². The fourth-order valence-electron chi connectivity index (χ4n) is 2.95. The van der Waals surface area contributed by atoms with Gasteiger partial charge in [0, 0.05) is 12.2 Å². The first kappa shape index (κ1) is 13.2. The number of hydrogen-bond donors (Lipinski definition) is 1. The molecular weight excluding hydrogens is 244 g/mol. The maximum absolute atomic E-state index is 4.20. The quantitative estimate of drug-likeness (QED) is 0.888. The number of nitrogens with one attached hydrogen (secondary N) is 1. The van der Waals surface area contributed by atoms with Gasteiger partial charge in [-0.2, -0.15) is 0 Å². The lowest BCUT2D eigenvalue weighted by molar-refractivity contribution is 0.683. The van der Waals surface area contributed by atoms with Gasteiger partial charge >= 0.3 is 0 Å². The van der Waals surface area contributed by atoms with Gasteiger partial charge in [-0.25, -0.2) is 0 Å². The third kappa shape index (κ3) is 2.69. The summed E-state index contributed by atoms with van der Waals surface area (Å²) < 4.78 is 0. The Morgan fingerprint density at radius 3 is 2.70 bits per heavy atom. The number of rotatable bonds is 3. The van der Waals surface area contributed by atoms with Gasteiger partial charge in [0.05, 0.1) is 11.9 Å². The van der Waals surface area contributed by atoms with Gasteiger partial charge < -0.3 is 5.32 Å². The molecule has 1 aromatic heterocycles. The van der Waals surface area contributed by atoms with Crippen LogP contribution in [0.15, 0.2) is 36.7 Å². The molecular formula is C18H22N2. The van der Waals surface area contributed by atoms with E-state index < -0.39 is 0 Å². The minimum absolute atomic E-state index is 0.310. The first-order valence-corrected chi connectivity index (χ1v) is 7.53. The monoisotopic (exact) mass is 266 g/mol. The predicted octanol–water partition coefficient (Wildman–Crippen LogP) is 4.44. The standard InChI is InChI=1S/C18H22N2/c1-13-9-10-19-12-18(13)20-14(2)16-8-7-15-5-3-4-6-17(15)11-16/h7-12,14,20H,3-6H2,1-2H3. The van der Waals surface area contributed by atoms with Crippen molar-refractivity contribution >= 4 is 5.69 Å². The summed E-state index contributed by atoms with van der Waals surface area (Å²) in [5, 5.41) is 3.57. The van der Waals surface area contributed by atoms with Crippen LogP contribution in [-0.2, 0) is 12.8 Å². The number of anilines is 1.